The zero-order chi connectivity index (χ0) is 13.8. The Morgan fingerprint density at radius 1 is 1.53 bits per heavy atom. The fourth-order valence-corrected chi connectivity index (χ4v) is 2.50. The lowest BCUT2D eigenvalue weighted by Gasteiger charge is -2.38. The molecule has 1 aromatic heterocycles. The van der Waals surface area contributed by atoms with E-state index in [1.807, 2.05) is 6.20 Å². The highest BCUT2D eigenvalue weighted by atomic mass is 79.9. The van der Waals surface area contributed by atoms with Crippen LogP contribution in [0, 0.1) is 0 Å². The van der Waals surface area contributed by atoms with Gasteiger partial charge in [-0.1, -0.05) is 6.92 Å². The van der Waals surface area contributed by atoms with E-state index < -0.39 is 0 Å². The standard InChI is InChI=1S/C13H21BrN4O/c1-4-5-15-13-16-6-11(14)12(17-13)18-7-10(3)19-8-9(18)2/h6,9-10H,4-5,7-8H2,1-3H3,(H,15,16,17). The van der Waals surface area contributed by atoms with Crippen molar-refractivity contribution < 1.29 is 4.74 Å². The van der Waals surface area contributed by atoms with Crippen LogP contribution >= 0.6 is 15.9 Å². The molecule has 6 heteroatoms. The van der Waals surface area contributed by atoms with Crippen molar-refractivity contribution in [1.82, 2.24) is 9.97 Å². The molecule has 19 heavy (non-hydrogen) atoms. The van der Waals surface area contributed by atoms with Gasteiger partial charge in [-0.25, -0.2) is 4.98 Å². The first-order valence-electron chi connectivity index (χ1n) is 6.76. The van der Waals surface area contributed by atoms with Gasteiger partial charge in [0.2, 0.25) is 5.95 Å². The lowest BCUT2D eigenvalue weighted by molar-refractivity contribution is 0.0340. The quantitative estimate of drug-likeness (QED) is 0.920. The van der Waals surface area contributed by atoms with Gasteiger partial charge in [-0.3, -0.25) is 0 Å². The summed E-state index contributed by atoms with van der Waals surface area (Å²) in [4.78, 5) is 11.2. The van der Waals surface area contributed by atoms with Crippen molar-refractivity contribution in [3.05, 3.63) is 10.7 Å². The Hall–Kier alpha value is -0.880. The zero-order valence-corrected chi connectivity index (χ0v) is 13.3. The maximum Gasteiger partial charge on any atom is 0.224 e. The fraction of sp³-hybridized carbons (Fsp3) is 0.692. The molecule has 2 unspecified atom stereocenters. The van der Waals surface area contributed by atoms with Gasteiger partial charge >= 0.3 is 0 Å². The number of aromatic nitrogens is 2. The highest BCUT2D eigenvalue weighted by Gasteiger charge is 2.26. The van der Waals surface area contributed by atoms with Crippen LogP contribution in [-0.4, -0.2) is 41.8 Å². The summed E-state index contributed by atoms with van der Waals surface area (Å²) in [7, 11) is 0. The fourth-order valence-electron chi connectivity index (χ4n) is 2.08. The van der Waals surface area contributed by atoms with Gasteiger partial charge in [-0.05, 0) is 36.2 Å². The number of nitrogens with zero attached hydrogens (tertiary/aromatic N) is 3. The summed E-state index contributed by atoms with van der Waals surface area (Å²) in [5.74, 6) is 1.63. The minimum Gasteiger partial charge on any atom is -0.375 e. The lowest BCUT2D eigenvalue weighted by atomic mass is 10.2. The number of hydrogen-bond donors (Lipinski definition) is 1. The van der Waals surface area contributed by atoms with Crippen molar-refractivity contribution in [2.45, 2.75) is 39.3 Å². The third kappa shape index (κ3) is 3.57. The van der Waals surface area contributed by atoms with E-state index in [1.165, 1.54) is 0 Å². The molecule has 0 spiro atoms. The summed E-state index contributed by atoms with van der Waals surface area (Å²) in [5, 5.41) is 3.23. The van der Waals surface area contributed by atoms with Gasteiger partial charge in [-0.15, -0.1) is 0 Å². The van der Waals surface area contributed by atoms with Gasteiger partial charge in [-0.2, -0.15) is 4.98 Å². The predicted molar refractivity (Wildman–Crippen MR) is 80.7 cm³/mol. The van der Waals surface area contributed by atoms with Crippen molar-refractivity contribution in [3.63, 3.8) is 0 Å². The molecule has 0 aromatic carbocycles. The lowest BCUT2D eigenvalue weighted by Crippen LogP contribution is -2.48. The highest BCUT2D eigenvalue weighted by molar-refractivity contribution is 9.10. The molecule has 5 nitrogen and oxygen atoms in total. The van der Waals surface area contributed by atoms with Gasteiger partial charge in [0.1, 0.15) is 5.82 Å². The second-order valence-corrected chi connectivity index (χ2v) is 5.79. The topological polar surface area (TPSA) is 50.3 Å². The molecule has 2 rings (SSSR count). The Bertz CT molecular complexity index is 429. The summed E-state index contributed by atoms with van der Waals surface area (Å²) >= 11 is 3.55. The molecule has 2 heterocycles. The number of anilines is 2. The molecule has 0 bridgehead atoms. The van der Waals surface area contributed by atoms with Crippen molar-refractivity contribution in [1.29, 1.82) is 0 Å². The molecule has 0 saturated carbocycles. The molecule has 1 aromatic rings. The highest BCUT2D eigenvalue weighted by Crippen LogP contribution is 2.28. The van der Waals surface area contributed by atoms with E-state index in [2.05, 4.69) is 56.9 Å². The van der Waals surface area contributed by atoms with E-state index >= 15 is 0 Å². The Morgan fingerprint density at radius 3 is 3.05 bits per heavy atom. The minimum absolute atomic E-state index is 0.227. The van der Waals surface area contributed by atoms with Crippen LogP contribution in [0.2, 0.25) is 0 Å². The summed E-state index contributed by atoms with van der Waals surface area (Å²) in [6.45, 7) is 8.83. The minimum atomic E-state index is 0.227. The van der Waals surface area contributed by atoms with Crippen molar-refractivity contribution in [3.8, 4) is 0 Å². The van der Waals surface area contributed by atoms with Crippen LogP contribution in [0.3, 0.4) is 0 Å². The number of hydrogen-bond acceptors (Lipinski definition) is 5. The predicted octanol–water partition coefficient (Wildman–Crippen LogP) is 2.67. The van der Waals surface area contributed by atoms with E-state index in [-0.39, 0.29) is 6.10 Å². The Morgan fingerprint density at radius 2 is 2.32 bits per heavy atom. The monoisotopic (exact) mass is 328 g/mol. The molecular weight excluding hydrogens is 308 g/mol. The molecule has 0 radical (unpaired) electrons. The van der Waals surface area contributed by atoms with Crippen molar-refractivity contribution in [2.75, 3.05) is 29.9 Å². The molecule has 106 valence electrons. The van der Waals surface area contributed by atoms with Crippen LogP contribution in [0.5, 0.6) is 0 Å². The van der Waals surface area contributed by atoms with Crippen LogP contribution in [0.25, 0.3) is 0 Å². The van der Waals surface area contributed by atoms with Crippen molar-refractivity contribution in [2.24, 2.45) is 0 Å². The maximum absolute atomic E-state index is 5.66. The van der Waals surface area contributed by atoms with Gasteiger partial charge in [0.25, 0.3) is 0 Å². The maximum atomic E-state index is 5.66. The number of nitrogens with one attached hydrogen (secondary N) is 1. The zero-order valence-electron chi connectivity index (χ0n) is 11.7. The first-order valence-corrected chi connectivity index (χ1v) is 7.55. The smallest absolute Gasteiger partial charge is 0.224 e. The van der Waals surface area contributed by atoms with Crippen LogP contribution in [-0.2, 0) is 4.74 Å². The van der Waals surface area contributed by atoms with E-state index in [0.717, 1.165) is 36.4 Å². The molecular formula is C13H21BrN4O. The van der Waals surface area contributed by atoms with E-state index in [4.69, 9.17) is 4.74 Å². The van der Waals surface area contributed by atoms with E-state index in [1.54, 1.807) is 0 Å². The molecule has 2 atom stereocenters. The summed E-state index contributed by atoms with van der Waals surface area (Å²) in [6, 6.07) is 0.321. The Labute approximate surface area is 122 Å². The van der Waals surface area contributed by atoms with Gasteiger partial charge in [0.15, 0.2) is 0 Å². The average Bonchev–Trinajstić information content (AvgIpc) is 2.41. The van der Waals surface area contributed by atoms with Crippen LogP contribution in [0.15, 0.2) is 10.7 Å². The molecule has 1 aliphatic heterocycles. The third-order valence-electron chi connectivity index (χ3n) is 3.14. The molecule has 0 amide bonds. The number of halogens is 1. The SMILES string of the molecule is CCCNc1ncc(Br)c(N2CC(C)OCC2C)n1. The molecule has 1 fully saturated rings. The Balaban J connectivity index is 2.21. The summed E-state index contributed by atoms with van der Waals surface area (Å²) in [6.07, 6.45) is 3.09. The summed E-state index contributed by atoms with van der Waals surface area (Å²) in [5.41, 5.74) is 0. The number of ether oxygens (including phenoxy) is 1. The summed E-state index contributed by atoms with van der Waals surface area (Å²) < 4.78 is 6.59. The van der Waals surface area contributed by atoms with E-state index in [0.29, 0.717) is 12.0 Å². The average molecular weight is 329 g/mol. The van der Waals surface area contributed by atoms with Crippen LogP contribution in [0.4, 0.5) is 11.8 Å². The second-order valence-electron chi connectivity index (χ2n) is 4.94. The molecule has 1 aliphatic rings. The second kappa shape index (κ2) is 6.52. The van der Waals surface area contributed by atoms with E-state index in [9.17, 15) is 0 Å². The van der Waals surface area contributed by atoms with Gasteiger partial charge in [0.05, 0.1) is 23.2 Å². The van der Waals surface area contributed by atoms with Gasteiger partial charge < -0.3 is 15.0 Å². The molecule has 1 N–H and O–H groups in total. The molecule has 0 aliphatic carbocycles. The van der Waals surface area contributed by atoms with Crippen LogP contribution < -0.4 is 10.2 Å². The number of rotatable bonds is 4. The third-order valence-corrected chi connectivity index (χ3v) is 3.70. The van der Waals surface area contributed by atoms with Crippen LogP contribution in [0.1, 0.15) is 27.2 Å². The Kier molecular flexibility index (Phi) is 4.99. The largest absolute Gasteiger partial charge is 0.375 e. The van der Waals surface area contributed by atoms with Crippen molar-refractivity contribution >= 4 is 27.7 Å². The normalized spacial score (nSPS) is 23.5. The molecule has 1 saturated heterocycles. The first-order chi connectivity index (χ1) is 9.11. The first kappa shape index (κ1) is 14.5. The van der Waals surface area contributed by atoms with Gasteiger partial charge in [0, 0.05) is 19.3 Å². The number of morpholine rings is 1.